The van der Waals surface area contributed by atoms with Crippen LogP contribution < -0.4 is 0 Å². The summed E-state index contributed by atoms with van der Waals surface area (Å²) in [6, 6.07) is 0. The number of halogens is 1. The summed E-state index contributed by atoms with van der Waals surface area (Å²) < 4.78 is 8.99. The minimum Gasteiger partial charge on any atom is -0.481 e. The van der Waals surface area contributed by atoms with Gasteiger partial charge in [-0.1, -0.05) is 11.6 Å². The summed E-state index contributed by atoms with van der Waals surface area (Å²) in [5.41, 5.74) is -1.93. The van der Waals surface area contributed by atoms with E-state index in [1.807, 2.05) is 0 Å². The summed E-state index contributed by atoms with van der Waals surface area (Å²) in [4.78, 5) is 21.4. The van der Waals surface area contributed by atoms with Crippen molar-refractivity contribution < 1.29 is 24.2 Å². The SMILES string of the molecule is CC(Cl)OC(=O)OCC(C)(C)C(=O)O. The fraction of sp³-hybridized carbons (Fsp3) is 0.750. The quantitative estimate of drug-likeness (QED) is 0.583. The molecule has 0 rings (SSSR count). The van der Waals surface area contributed by atoms with Crippen LogP contribution in [-0.4, -0.2) is 29.4 Å². The zero-order chi connectivity index (χ0) is 11.4. The van der Waals surface area contributed by atoms with Gasteiger partial charge in [0.25, 0.3) is 0 Å². The van der Waals surface area contributed by atoms with E-state index < -0.39 is 23.1 Å². The highest BCUT2D eigenvalue weighted by atomic mass is 35.5. The highest BCUT2D eigenvalue weighted by molar-refractivity contribution is 6.19. The molecule has 5 nitrogen and oxygen atoms in total. The lowest BCUT2D eigenvalue weighted by Gasteiger charge is -2.18. The van der Waals surface area contributed by atoms with Crippen molar-refractivity contribution >= 4 is 23.7 Å². The van der Waals surface area contributed by atoms with Crippen molar-refractivity contribution in [3.05, 3.63) is 0 Å². The number of ether oxygens (including phenoxy) is 2. The number of alkyl halides is 1. The molecule has 0 aromatic carbocycles. The predicted octanol–water partition coefficient (Wildman–Crippen LogP) is 1.84. The number of hydrogen-bond donors (Lipinski definition) is 1. The maximum absolute atomic E-state index is 10.8. The molecule has 0 aliphatic heterocycles. The Balaban J connectivity index is 3.94. The Morgan fingerprint density at radius 2 is 2.00 bits per heavy atom. The van der Waals surface area contributed by atoms with Gasteiger partial charge in [-0.05, 0) is 20.8 Å². The normalized spacial score (nSPS) is 13.1. The Labute approximate surface area is 86.9 Å². The zero-order valence-corrected chi connectivity index (χ0v) is 9.00. The second kappa shape index (κ2) is 5.05. The molecule has 0 saturated heterocycles. The molecule has 0 heterocycles. The molecule has 0 spiro atoms. The van der Waals surface area contributed by atoms with Crippen LogP contribution in [0.4, 0.5) is 4.79 Å². The molecule has 0 bridgehead atoms. The Kier molecular flexibility index (Phi) is 4.70. The van der Waals surface area contributed by atoms with Crippen molar-refractivity contribution in [2.75, 3.05) is 6.61 Å². The molecule has 0 aromatic heterocycles. The third kappa shape index (κ3) is 4.91. The van der Waals surface area contributed by atoms with Crippen LogP contribution in [0.1, 0.15) is 20.8 Å². The summed E-state index contributed by atoms with van der Waals surface area (Å²) in [6.45, 7) is 4.06. The highest BCUT2D eigenvalue weighted by Gasteiger charge is 2.29. The molecule has 6 heteroatoms. The van der Waals surface area contributed by atoms with Gasteiger partial charge in [0.15, 0.2) is 5.56 Å². The van der Waals surface area contributed by atoms with E-state index in [4.69, 9.17) is 16.7 Å². The first kappa shape index (κ1) is 13.0. The molecule has 0 fully saturated rings. The summed E-state index contributed by atoms with van der Waals surface area (Å²) >= 11 is 5.35. The standard InChI is InChI=1S/C8H13ClO5/c1-5(9)14-7(12)13-4-8(2,3)6(10)11/h5H,4H2,1-3H3,(H,10,11). The number of carboxylic acids is 1. The van der Waals surface area contributed by atoms with Crippen molar-refractivity contribution in [3.8, 4) is 0 Å². The van der Waals surface area contributed by atoms with E-state index in [0.717, 1.165) is 0 Å². The van der Waals surface area contributed by atoms with Gasteiger partial charge in [-0.2, -0.15) is 0 Å². The average molecular weight is 225 g/mol. The molecule has 82 valence electrons. The van der Waals surface area contributed by atoms with E-state index in [2.05, 4.69) is 9.47 Å². The van der Waals surface area contributed by atoms with Crippen molar-refractivity contribution in [1.29, 1.82) is 0 Å². The van der Waals surface area contributed by atoms with Crippen LogP contribution in [0.25, 0.3) is 0 Å². The summed E-state index contributed by atoms with van der Waals surface area (Å²) in [5.74, 6) is -1.05. The number of carbonyl (C=O) groups excluding carboxylic acids is 1. The van der Waals surface area contributed by atoms with Crippen LogP contribution in [0.5, 0.6) is 0 Å². The monoisotopic (exact) mass is 224 g/mol. The summed E-state index contributed by atoms with van der Waals surface area (Å²) in [6.07, 6.45) is -0.971. The fourth-order valence-corrected chi connectivity index (χ4v) is 0.540. The Morgan fingerprint density at radius 1 is 1.50 bits per heavy atom. The Bertz CT molecular complexity index is 224. The average Bonchev–Trinajstić information content (AvgIpc) is 1.99. The third-order valence-corrected chi connectivity index (χ3v) is 1.48. The van der Waals surface area contributed by atoms with Gasteiger partial charge in [-0.3, -0.25) is 4.79 Å². The largest absolute Gasteiger partial charge is 0.509 e. The molecule has 0 aliphatic carbocycles. The number of hydrogen-bond acceptors (Lipinski definition) is 4. The molecule has 0 radical (unpaired) electrons. The minimum absolute atomic E-state index is 0.259. The van der Waals surface area contributed by atoms with E-state index in [-0.39, 0.29) is 6.61 Å². The molecule has 0 aromatic rings. The van der Waals surface area contributed by atoms with Gasteiger partial charge in [-0.25, -0.2) is 4.79 Å². The smallest absolute Gasteiger partial charge is 0.481 e. The molecule has 0 amide bonds. The lowest BCUT2D eigenvalue weighted by Crippen LogP contribution is -2.31. The van der Waals surface area contributed by atoms with Gasteiger partial charge in [-0.15, -0.1) is 0 Å². The van der Waals surface area contributed by atoms with Crippen LogP contribution in [0, 0.1) is 5.41 Å². The van der Waals surface area contributed by atoms with Gasteiger partial charge in [0.05, 0.1) is 5.41 Å². The van der Waals surface area contributed by atoms with Gasteiger partial charge < -0.3 is 14.6 Å². The second-order valence-electron chi connectivity index (χ2n) is 3.39. The second-order valence-corrected chi connectivity index (χ2v) is 4.00. The molecule has 1 N–H and O–H groups in total. The fourth-order valence-electron chi connectivity index (χ4n) is 0.468. The van der Waals surface area contributed by atoms with Crippen molar-refractivity contribution in [2.24, 2.45) is 5.41 Å². The molecule has 0 saturated carbocycles. The predicted molar refractivity (Wildman–Crippen MR) is 49.2 cm³/mol. The minimum atomic E-state index is -1.13. The van der Waals surface area contributed by atoms with Gasteiger partial charge in [0.2, 0.25) is 0 Å². The number of aliphatic carboxylic acids is 1. The summed E-state index contributed by atoms with van der Waals surface area (Å²) in [7, 11) is 0. The topological polar surface area (TPSA) is 72.8 Å². The van der Waals surface area contributed by atoms with Gasteiger partial charge in [0.1, 0.15) is 6.61 Å². The van der Waals surface area contributed by atoms with Crippen LogP contribution in [0.3, 0.4) is 0 Å². The first-order chi connectivity index (χ1) is 6.25. The molecular weight excluding hydrogens is 212 g/mol. The number of carbonyl (C=O) groups is 2. The molecule has 14 heavy (non-hydrogen) atoms. The Morgan fingerprint density at radius 3 is 2.36 bits per heavy atom. The molecular formula is C8H13ClO5. The number of carboxylic acid groups (broad SMARTS) is 1. The first-order valence-electron chi connectivity index (χ1n) is 3.96. The van der Waals surface area contributed by atoms with Crippen molar-refractivity contribution in [3.63, 3.8) is 0 Å². The number of rotatable bonds is 4. The van der Waals surface area contributed by atoms with Gasteiger partial charge in [0, 0.05) is 0 Å². The molecule has 1 unspecified atom stereocenters. The maximum atomic E-state index is 10.8. The van der Waals surface area contributed by atoms with Gasteiger partial charge >= 0.3 is 12.1 Å². The lowest BCUT2D eigenvalue weighted by molar-refractivity contribution is -0.149. The van der Waals surface area contributed by atoms with Crippen molar-refractivity contribution in [1.82, 2.24) is 0 Å². The Hall–Kier alpha value is -0.970. The molecule has 0 aliphatic rings. The lowest BCUT2D eigenvalue weighted by atomic mass is 9.95. The van der Waals surface area contributed by atoms with Crippen LogP contribution in [0.15, 0.2) is 0 Å². The highest BCUT2D eigenvalue weighted by Crippen LogP contribution is 2.15. The van der Waals surface area contributed by atoms with Crippen molar-refractivity contribution in [2.45, 2.75) is 26.3 Å². The van der Waals surface area contributed by atoms with Crippen LogP contribution in [-0.2, 0) is 14.3 Å². The first-order valence-corrected chi connectivity index (χ1v) is 4.40. The van der Waals surface area contributed by atoms with E-state index >= 15 is 0 Å². The van der Waals surface area contributed by atoms with Crippen LogP contribution in [0.2, 0.25) is 0 Å². The maximum Gasteiger partial charge on any atom is 0.509 e. The zero-order valence-electron chi connectivity index (χ0n) is 8.24. The van der Waals surface area contributed by atoms with E-state index in [1.54, 1.807) is 0 Å². The molecule has 1 atom stereocenters. The van der Waals surface area contributed by atoms with E-state index in [1.165, 1.54) is 20.8 Å². The van der Waals surface area contributed by atoms with Crippen LogP contribution >= 0.6 is 11.6 Å². The van der Waals surface area contributed by atoms with E-state index in [0.29, 0.717) is 0 Å². The third-order valence-electron chi connectivity index (χ3n) is 1.39. The van der Waals surface area contributed by atoms with E-state index in [9.17, 15) is 9.59 Å². The summed E-state index contributed by atoms with van der Waals surface area (Å²) in [5, 5.41) is 8.68.